The molecular weight excluding hydrogens is 398 g/mol. The molecule has 1 aromatic carbocycles. The highest BCUT2D eigenvalue weighted by atomic mass is 32.2. The van der Waals surface area contributed by atoms with Gasteiger partial charge < -0.3 is 0 Å². The highest BCUT2D eigenvalue weighted by Gasteiger charge is 2.20. The fourth-order valence-electron chi connectivity index (χ4n) is 2.85. The van der Waals surface area contributed by atoms with Gasteiger partial charge in [-0.15, -0.1) is 11.3 Å². The summed E-state index contributed by atoms with van der Waals surface area (Å²) in [5.74, 6) is -0.216. The van der Waals surface area contributed by atoms with Gasteiger partial charge in [-0.2, -0.15) is 0 Å². The van der Waals surface area contributed by atoms with Gasteiger partial charge in [0.05, 0.1) is 16.1 Å². The number of thiophene rings is 1. The predicted molar refractivity (Wildman–Crippen MR) is 112 cm³/mol. The van der Waals surface area contributed by atoms with Gasteiger partial charge >= 0.3 is 0 Å². The number of benzene rings is 1. The van der Waals surface area contributed by atoms with Gasteiger partial charge in [0.25, 0.3) is 11.2 Å². The van der Waals surface area contributed by atoms with Crippen molar-refractivity contribution in [2.45, 2.75) is 38.9 Å². The minimum Gasteiger partial charge on any atom is -0.293 e. The molecule has 0 radical (unpaired) electrons. The monoisotopic (exact) mass is 417 g/mol. The molecule has 2 aromatic heterocycles. The van der Waals surface area contributed by atoms with Crippen molar-refractivity contribution >= 4 is 44.8 Å². The van der Waals surface area contributed by atoms with Crippen molar-refractivity contribution in [3.05, 3.63) is 60.7 Å². The van der Waals surface area contributed by atoms with Crippen LogP contribution in [0.15, 0.2) is 34.2 Å². The molecule has 0 bridgehead atoms. The van der Waals surface area contributed by atoms with Crippen molar-refractivity contribution < 1.29 is 9.72 Å². The zero-order valence-corrected chi connectivity index (χ0v) is 17.5. The van der Waals surface area contributed by atoms with E-state index in [1.807, 2.05) is 27.7 Å². The van der Waals surface area contributed by atoms with Crippen LogP contribution in [0.4, 0.5) is 5.69 Å². The van der Waals surface area contributed by atoms with Gasteiger partial charge in [0.15, 0.2) is 10.9 Å². The van der Waals surface area contributed by atoms with Crippen LogP contribution < -0.4 is 5.56 Å². The van der Waals surface area contributed by atoms with E-state index < -0.39 is 4.92 Å². The molecule has 2 heterocycles. The first-order valence-electron chi connectivity index (χ1n) is 8.63. The van der Waals surface area contributed by atoms with Gasteiger partial charge in [-0.1, -0.05) is 23.9 Å². The Morgan fingerprint density at radius 1 is 1.36 bits per heavy atom. The van der Waals surface area contributed by atoms with Gasteiger partial charge in [0.1, 0.15) is 4.83 Å². The van der Waals surface area contributed by atoms with Crippen molar-refractivity contribution in [3.63, 3.8) is 0 Å². The number of rotatable bonds is 6. The van der Waals surface area contributed by atoms with Gasteiger partial charge in [-0.05, 0) is 33.3 Å². The smallest absolute Gasteiger partial charge is 0.270 e. The van der Waals surface area contributed by atoms with E-state index in [0.717, 1.165) is 10.4 Å². The second kappa shape index (κ2) is 7.84. The van der Waals surface area contributed by atoms with Crippen molar-refractivity contribution in [3.8, 4) is 0 Å². The number of non-ortho nitro benzene ring substituents is 1. The van der Waals surface area contributed by atoms with E-state index in [-0.39, 0.29) is 34.4 Å². The third-order valence-electron chi connectivity index (χ3n) is 4.43. The summed E-state index contributed by atoms with van der Waals surface area (Å²) in [7, 11) is 0. The molecule has 0 aliphatic rings. The molecule has 28 heavy (non-hydrogen) atoms. The molecule has 0 saturated heterocycles. The highest BCUT2D eigenvalue weighted by molar-refractivity contribution is 7.99. The lowest BCUT2D eigenvalue weighted by Crippen LogP contribution is -2.25. The van der Waals surface area contributed by atoms with Crippen LogP contribution in [0.3, 0.4) is 0 Å². The Morgan fingerprint density at radius 2 is 2.07 bits per heavy atom. The van der Waals surface area contributed by atoms with Gasteiger partial charge in [0.2, 0.25) is 0 Å². The first kappa shape index (κ1) is 20.2. The average molecular weight is 418 g/mol. The minimum atomic E-state index is -0.530. The Bertz CT molecular complexity index is 1150. The molecule has 9 heteroatoms. The molecule has 0 N–H and O–H groups in total. The van der Waals surface area contributed by atoms with E-state index in [0.29, 0.717) is 15.4 Å². The fourth-order valence-corrected chi connectivity index (χ4v) is 4.94. The van der Waals surface area contributed by atoms with Crippen molar-refractivity contribution in [2.24, 2.45) is 0 Å². The summed E-state index contributed by atoms with van der Waals surface area (Å²) in [4.78, 5) is 42.3. The number of aromatic nitrogens is 2. The molecule has 7 nitrogen and oxygen atoms in total. The van der Waals surface area contributed by atoms with Crippen LogP contribution in [-0.2, 0) is 0 Å². The van der Waals surface area contributed by atoms with Gasteiger partial charge in [-0.25, -0.2) is 4.98 Å². The lowest BCUT2D eigenvalue weighted by atomic mass is 10.1. The number of Topliss-reactive ketones (excluding diaryl/α,β-unsaturated/α-hetero) is 1. The topological polar surface area (TPSA) is 95.1 Å². The third-order valence-corrected chi connectivity index (χ3v) is 6.48. The molecule has 0 spiro atoms. The Morgan fingerprint density at radius 3 is 2.71 bits per heavy atom. The van der Waals surface area contributed by atoms with Crippen LogP contribution in [0, 0.1) is 24.0 Å². The third kappa shape index (κ3) is 3.72. The summed E-state index contributed by atoms with van der Waals surface area (Å²) < 4.78 is 1.60. The summed E-state index contributed by atoms with van der Waals surface area (Å²) in [5, 5.41) is 12.0. The predicted octanol–water partition coefficient (Wildman–Crippen LogP) is 4.54. The normalized spacial score (nSPS) is 11.3. The number of aryl methyl sites for hydroxylation is 2. The lowest BCUT2D eigenvalue weighted by Gasteiger charge is -2.15. The molecule has 0 amide bonds. The second-order valence-electron chi connectivity index (χ2n) is 6.65. The molecule has 0 fully saturated rings. The van der Waals surface area contributed by atoms with Crippen LogP contribution >= 0.6 is 23.1 Å². The average Bonchev–Trinajstić information content (AvgIpc) is 2.93. The summed E-state index contributed by atoms with van der Waals surface area (Å²) in [6.45, 7) is 7.67. The summed E-state index contributed by atoms with van der Waals surface area (Å²) in [6.07, 6.45) is 0. The maximum Gasteiger partial charge on any atom is 0.270 e. The van der Waals surface area contributed by atoms with E-state index in [9.17, 15) is 19.7 Å². The molecule has 0 atom stereocenters. The summed E-state index contributed by atoms with van der Waals surface area (Å²) >= 11 is 2.64. The minimum absolute atomic E-state index is 0.0369. The quantitative estimate of drug-likeness (QED) is 0.192. The largest absolute Gasteiger partial charge is 0.293 e. The van der Waals surface area contributed by atoms with E-state index in [4.69, 9.17) is 0 Å². The van der Waals surface area contributed by atoms with Gasteiger partial charge in [0, 0.05) is 28.6 Å². The van der Waals surface area contributed by atoms with Crippen molar-refractivity contribution in [1.29, 1.82) is 0 Å². The van der Waals surface area contributed by atoms with Crippen LogP contribution in [0.5, 0.6) is 0 Å². The van der Waals surface area contributed by atoms with Crippen LogP contribution in [0.2, 0.25) is 0 Å². The highest BCUT2D eigenvalue weighted by Crippen LogP contribution is 2.29. The number of ketones is 1. The Hall–Kier alpha value is -2.52. The Kier molecular flexibility index (Phi) is 5.66. The number of carbonyl (C=O) groups excluding carboxylic acids is 1. The molecule has 0 unspecified atom stereocenters. The first-order chi connectivity index (χ1) is 13.2. The fraction of sp³-hybridized carbons (Fsp3) is 0.316. The number of thioether (sulfide) groups is 1. The standard InChI is InChI=1S/C19H19N3O4S2/c1-10(2)21-18(24)16-11(3)12(4)28-17(16)20-19(21)27-9-15(23)13-6-5-7-14(8-13)22(25)26/h5-8,10H,9H2,1-4H3. The second-order valence-corrected chi connectivity index (χ2v) is 8.79. The zero-order valence-electron chi connectivity index (χ0n) is 15.9. The number of hydrogen-bond acceptors (Lipinski definition) is 7. The molecule has 0 aliphatic carbocycles. The molecular formula is C19H19N3O4S2. The first-order valence-corrected chi connectivity index (χ1v) is 10.4. The zero-order chi connectivity index (χ0) is 20.6. The lowest BCUT2D eigenvalue weighted by molar-refractivity contribution is -0.384. The van der Waals surface area contributed by atoms with E-state index >= 15 is 0 Å². The SMILES string of the molecule is Cc1sc2nc(SCC(=O)c3cccc([N+](=O)[O-])c3)n(C(C)C)c(=O)c2c1C. The number of nitro benzene ring substituents is 1. The number of hydrogen-bond donors (Lipinski definition) is 0. The van der Waals surface area contributed by atoms with Crippen molar-refractivity contribution in [1.82, 2.24) is 9.55 Å². The molecule has 0 saturated carbocycles. The Balaban J connectivity index is 1.95. The van der Waals surface area contributed by atoms with Crippen LogP contribution in [0.1, 0.15) is 40.7 Å². The number of nitro groups is 1. The summed E-state index contributed by atoms with van der Waals surface area (Å²) in [5.41, 5.74) is 0.978. The Labute approximate surface area is 169 Å². The van der Waals surface area contributed by atoms with E-state index in [1.54, 1.807) is 10.6 Å². The number of fused-ring (bicyclic) bond motifs is 1. The van der Waals surface area contributed by atoms with Crippen LogP contribution in [0.25, 0.3) is 10.2 Å². The number of nitrogens with zero attached hydrogens (tertiary/aromatic N) is 3. The number of carbonyl (C=O) groups is 1. The maximum atomic E-state index is 13.0. The van der Waals surface area contributed by atoms with Gasteiger partial charge in [-0.3, -0.25) is 24.3 Å². The molecule has 3 aromatic rings. The molecule has 0 aliphatic heterocycles. The maximum absolute atomic E-state index is 13.0. The van der Waals surface area contributed by atoms with Crippen molar-refractivity contribution in [2.75, 3.05) is 5.75 Å². The summed E-state index contributed by atoms with van der Waals surface area (Å²) in [6, 6.07) is 5.54. The van der Waals surface area contributed by atoms with Crippen LogP contribution in [-0.4, -0.2) is 26.0 Å². The molecule has 146 valence electrons. The van der Waals surface area contributed by atoms with E-state index in [2.05, 4.69) is 4.98 Å². The molecule has 3 rings (SSSR count). The van der Waals surface area contributed by atoms with E-state index in [1.165, 1.54) is 41.3 Å².